The molecule has 0 atom stereocenters. The van der Waals surface area contributed by atoms with Crippen LogP contribution in [0.2, 0.25) is 5.02 Å². The summed E-state index contributed by atoms with van der Waals surface area (Å²) < 4.78 is 0. The SMILES string of the molecule is CNCc1ccc(N2CCN(CCO)CC2)c(Cl)c1. The lowest BCUT2D eigenvalue weighted by Gasteiger charge is -2.36. The summed E-state index contributed by atoms with van der Waals surface area (Å²) in [5.74, 6) is 0. The van der Waals surface area contributed by atoms with E-state index in [0.717, 1.165) is 50.0 Å². The summed E-state index contributed by atoms with van der Waals surface area (Å²) in [7, 11) is 1.93. The zero-order valence-corrected chi connectivity index (χ0v) is 12.2. The highest BCUT2D eigenvalue weighted by Gasteiger charge is 2.18. The number of aliphatic hydroxyl groups excluding tert-OH is 1. The number of nitrogens with zero attached hydrogens (tertiary/aromatic N) is 2. The van der Waals surface area contributed by atoms with Gasteiger partial charge in [-0.05, 0) is 24.7 Å². The Hall–Kier alpha value is -0.810. The second-order valence-electron chi connectivity index (χ2n) is 4.87. The van der Waals surface area contributed by atoms with Crippen LogP contribution in [-0.2, 0) is 6.54 Å². The van der Waals surface area contributed by atoms with Gasteiger partial charge in [-0.15, -0.1) is 0 Å². The van der Waals surface area contributed by atoms with E-state index in [-0.39, 0.29) is 6.61 Å². The first kappa shape index (κ1) is 14.6. The van der Waals surface area contributed by atoms with Crippen molar-refractivity contribution in [1.82, 2.24) is 10.2 Å². The van der Waals surface area contributed by atoms with E-state index >= 15 is 0 Å². The van der Waals surface area contributed by atoms with E-state index < -0.39 is 0 Å². The number of rotatable bonds is 5. The minimum absolute atomic E-state index is 0.236. The average Bonchev–Trinajstić information content (AvgIpc) is 2.41. The van der Waals surface area contributed by atoms with Crippen molar-refractivity contribution >= 4 is 17.3 Å². The third-order valence-corrected chi connectivity index (χ3v) is 3.82. The first-order valence-electron chi connectivity index (χ1n) is 6.76. The Balaban J connectivity index is 1.99. The summed E-state index contributed by atoms with van der Waals surface area (Å²) >= 11 is 6.37. The quantitative estimate of drug-likeness (QED) is 0.851. The zero-order chi connectivity index (χ0) is 13.7. The molecule has 5 heteroatoms. The highest BCUT2D eigenvalue weighted by atomic mass is 35.5. The van der Waals surface area contributed by atoms with Gasteiger partial charge in [-0.3, -0.25) is 4.90 Å². The Kier molecular flexibility index (Phi) is 5.45. The highest BCUT2D eigenvalue weighted by Crippen LogP contribution is 2.27. The van der Waals surface area contributed by atoms with Crippen LogP contribution in [0.15, 0.2) is 18.2 Å². The van der Waals surface area contributed by atoms with Gasteiger partial charge >= 0.3 is 0 Å². The Bertz CT molecular complexity index is 406. The van der Waals surface area contributed by atoms with Crippen LogP contribution in [0.3, 0.4) is 0 Å². The summed E-state index contributed by atoms with van der Waals surface area (Å²) in [5.41, 5.74) is 2.32. The molecule has 1 fully saturated rings. The van der Waals surface area contributed by atoms with Crippen molar-refractivity contribution in [2.24, 2.45) is 0 Å². The predicted molar refractivity (Wildman–Crippen MR) is 80.0 cm³/mol. The number of aliphatic hydroxyl groups is 1. The molecule has 0 aliphatic carbocycles. The molecule has 0 unspecified atom stereocenters. The van der Waals surface area contributed by atoms with E-state index in [1.54, 1.807) is 0 Å². The van der Waals surface area contributed by atoms with Crippen LogP contribution in [0.4, 0.5) is 5.69 Å². The van der Waals surface area contributed by atoms with Crippen molar-refractivity contribution in [3.63, 3.8) is 0 Å². The largest absolute Gasteiger partial charge is 0.395 e. The number of hydrogen-bond acceptors (Lipinski definition) is 4. The predicted octanol–water partition coefficient (Wildman–Crippen LogP) is 1.17. The number of piperazine rings is 1. The fraction of sp³-hybridized carbons (Fsp3) is 0.571. The van der Waals surface area contributed by atoms with Crippen molar-refractivity contribution in [3.8, 4) is 0 Å². The molecule has 1 saturated heterocycles. The van der Waals surface area contributed by atoms with E-state index in [0.29, 0.717) is 0 Å². The van der Waals surface area contributed by atoms with Crippen molar-refractivity contribution in [2.75, 3.05) is 51.3 Å². The maximum atomic E-state index is 8.94. The number of nitrogens with one attached hydrogen (secondary N) is 1. The standard InChI is InChI=1S/C14H22ClN3O/c1-16-11-12-2-3-14(13(15)10-12)18-6-4-17(5-7-18)8-9-19/h2-3,10,16,19H,4-9,11H2,1H3. The van der Waals surface area contributed by atoms with Crippen LogP contribution >= 0.6 is 11.6 Å². The fourth-order valence-electron chi connectivity index (χ4n) is 2.47. The first-order valence-corrected chi connectivity index (χ1v) is 7.13. The second kappa shape index (κ2) is 7.10. The minimum atomic E-state index is 0.236. The van der Waals surface area contributed by atoms with E-state index in [9.17, 15) is 0 Å². The van der Waals surface area contributed by atoms with E-state index in [1.165, 1.54) is 5.56 Å². The Morgan fingerprint density at radius 3 is 2.58 bits per heavy atom. The van der Waals surface area contributed by atoms with Gasteiger partial charge in [0, 0.05) is 39.3 Å². The number of β-amino-alcohol motifs (C(OH)–C–C–N with tert-alkyl or cyclic N) is 1. The van der Waals surface area contributed by atoms with Crippen molar-refractivity contribution < 1.29 is 5.11 Å². The smallest absolute Gasteiger partial charge is 0.0642 e. The van der Waals surface area contributed by atoms with Crippen LogP contribution in [0.5, 0.6) is 0 Å². The summed E-state index contributed by atoms with van der Waals surface area (Å²) in [6.07, 6.45) is 0. The molecule has 0 aromatic heterocycles. The van der Waals surface area contributed by atoms with E-state index in [1.807, 2.05) is 13.1 Å². The molecule has 1 aromatic carbocycles. The van der Waals surface area contributed by atoms with Gasteiger partial charge in [-0.2, -0.15) is 0 Å². The van der Waals surface area contributed by atoms with Gasteiger partial charge in [0.1, 0.15) is 0 Å². The highest BCUT2D eigenvalue weighted by molar-refractivity contribution is 6.33. The molecule has 2 N–H and O–H groups in total. The molecule has 1 aromatic rings. The second-order valence-corrected chi connectivity index (χ2v) is 5.28. The fourth-order valence-corrected chi connectivity index (χ4v) is 2.80. The Morgan fingerprint density at radius 1 is 1.26 bits per heavy atom. The lowest BCUT2D eigenvalue weighted by Crippen LogP contribution is -2.47. The molecule has 19 heavy (non-hydrogen) atoms. The molecular formula is C14H22ClN3O. The molecular weight excluding hydrogens is 262 g/mol. The average molecular weight is 284 g/mol. The van der Waals surface area contributed by atoms with Crippen molar-refractivity contribution in [2.45, 2.75) is 6.54 Å². The maximum Gasteiger partial charge on any atom is 0.0642 e. The number of hydrogen-bond donors (Lipinski definition) is 2. The lowest BCUT2D eigenvalue weighted by molar-refractivity contribution is 0.189. The van der Waals surface area contributed by atoms with Gasteiger partial charge in [0.15, 0.2) is 0 Å². The van der Waals surface area contributed by atoms with Crippen LogP contribution in [0, 0.1) is 0 Å². The topological polar surface area (TPSA) is 38.7 Å². The van der Waals surface area contributed by atoms with Crippen molar-refractivity contribution in [3.05, 3.63) is 28.8 Å². The summed E-state index contributed by atoms with van der Waals surface area (Å²) in [6.45, 7) is 5.73. The van der Waals surface area contributed by atoms with Gasteiger partial charge in [0.2, 0.25) is 0 Å². The van der Waals surface area contributed by atoms with E-state index in [4.69, 9.17) is 16.7 Å². The molecule has 1 aliphatic rings. The normalized spacial score (nSPS) is 16.9. The molecule has 0 amide bonds. The lowest BCUT2D eigenvalue weighted by atomic mass is 10.1. The zero-order valence-electron chi connectivity index (χ0n) is 11.4. The first-order chi connectivity index (χ1) is 9.24. The van der Waals surface area contributed by atoms with Gasteiger partial charge in [-0.1, -0.05) is 17.7 Å². The third-order valence-electron chi connectivity index (χ3n) is 3.52. The van der Waals surface area contributed by atoms with Gasteiger partial charge < -0.3 is 15.3 Å². The van der Waals surface area contributed by atoms with E-state index in [2.05, 4.69) is 27.2 Å². The molecule has 0 saturated carbocycles. The van der Waals surface area contributed by atoms with Crippen LogP contribution in [-0.4, -0.2) is 56.4 Å². The summed E-state index contributed by atoms with van der Waals surface area (Å²) in [5, 5.41) is 12.9. The van der Waals surface area contributed by atoms with Crippen LogP contribution in [0.1, 0.15) is 5.56 Å². The Morgan fingerprint density at radius 2 is 2.00 bits per heavy atom. The Labute approximate surface area is 120 Å². The molecule has 1 heterocycles. The van der Waals surface area contributed by atoms with Crippen molar-refractivity contribution in [1.29, 1.82) is 0 Å². The monoisotopic (exact) mass is 283 g/mol. The van der Waals surface area contributed by atoms with Crippen LogP contribution in [0.25, 0.3) is 0 Å². The molecule has 106 valence electrons. The number of halogens is 1. The maximum absolute atomic E-state index is 8.94. The summed E-state index contributed by atoms with van der Waals surface area (Å²) in [4.78, 5) is 4.60. The van der Waals surface area contributed by atoms with Gasteiger partial charge in [0.25, 0.3) is 0 Å². The molecule has 2 rings (SSSR count). The van der Waals surface area contributed by atoms with Gasteiger partial charge in [-0.25, -0.2) is 0 Å². The van der Waals surface area contributed by atoms with Crippen LogP contribution < -0.4 is 10.2 Å². The third kappa shape index (κ3) is 3.83. The molecule has 1 aliphatic heterocycles. The number of benzene rings is 1. The molecule has 0 radical (unpaired) electrons. The molecule has 4 nitrogen and oxygen atoms in total. The van der Waals surface area contributed by atoms with Gasteiger partial charge in [0.05, 0.1) is 17.3 Å². The molecule has 0 spiro atoms. The summed E-state index contributed by atoms with van der Waals surface area (Å²) in [6, 6.07) is 6.27. The number of anilines is 1. The molecule has 0 bridgehead atoms. The minimum Gasteiger partial charge on any atom is -0.395 e.